The number of ketones is 1. The van der Waals surface area contributed by atoms with Gasteiger partial charge in [-0.3, -0.25) is 9.59 Å². The Bertz CT molecular complexity index is 1140. The molecule has 3 aromatic carbocycles. The van der Waals surface area contributed by atoms with Crippen molar-refractivity contribution in [1.29, 1.82) is 0 Å². The fourth-order valence-electron chi connectivity index (χ4n) is 3.82. The molecule has 0 atom stereocenters. The van der Waals surface area contributed by atoms with Crippen LogP contribution in [0.15, 0.2) is 59.1 Å². The van der Waals surface area contributed by atoms with E-state index < -0.39 is 23.3 Å². The van der Waals surface area contributed by atoms with Crippen LogP contribution in [0.1, 0.15) is 23.2 Å². The molecule has 0 bridgehead atoms. The predicted molar refractivity (Wildman–Crippen MR) is 117 cm³/mol. The van der Waals surface area contributed by atoms with Gasteiger partial charge in [-0.05, 0) is 66.1 Å². The fraction of sp³-hybridized carbons (Fsp3) is 0.250. The Hall–Kier alpha value is -2.80. The molecule has 1 fully saturated rings. The molecule has 4 nitrogen and oxygen atoms in total. The number of fused-ring (bicyclic) bond motifs is 1. The van der Waals surface area contributed by atoms with Crippen molar-refractivity contribution in [3.05, 3.63) is 76.3 Å². The summed E-state index contributed by atoms with van der Waals surface area (Å²) in [4.78, 5) is 26.7. The van der Waals surface area contributed by atoms with E-state index in [4.69, 9.17) is 4.74 Å². The maximum Gasteiger partial charge on any atom is 0.260 e. The topological polar surface area (TPSA) is 46.6 Å². The van der Waals surface area contributed by atoms with Gasteiger partial charge in [-0.25, -0.2) is 8.78 Å². The lowest BCUT2D eigenvalue weighted by atomic mass is 9.88. The summed E-state index contributed by atoms with van der Waals surface area (Å²) >= 11 is 3.44. The van der Waals surface area contributed by atoms with Gasteiger partial charge in [-0.15, -0.1) is 0 Å². The molecular weight excluding hydrogens is 468 g/mol. The minimum atomic E-state index is -0.721. The molecule has 1 saturated heterocycles. The molecule has 0 spiro atoms. The molecule has 160 valence electrons. The van der Waals surface area contributed by atoms with E-state index >= 15 is 0 Å². The number of rotatable bonds is 5. The number of benzene rings is 3. The molecule has 0 radical (unpaired) electrons. The zero-order valence-corrected chi connectivity index (χ0v) is 18.2. The zero-order chi connectivity index (χ0) is 22.0. The second-order valence-corrected chi connectivity index (χ2v) is 8.50. The van der Waals surface area contributed by atoms with Crippen LogP contribution in [0.4, 0.5) is 8.78 Å². The van der Waals surface area contributed by atoms with Crippen molar-refractivity contribution >= 4 is 38.4 Å². The first kappa shape index (κ1) is 21.4. The van der Waals surface area contributed by atoms with Crippen LogP contribution in [0.3, 0.4) is 0 Å². The number of carbonyl (C=O) groups excluding carboxylic acids is 2. The molecule has 0 aromatic heterocycles. The number of hydrogen-bond acceptors (Lipinski definition) is 3. The molecule has 1 aliphatic heterocycles. The highest BCUT2D eigenvalue weighted by Crippen LogP contribution is 2.26. The molecule has 0 unspecified atom stereocenters. The lowest BCUT2D eigenvalue weighted by Gasteiger charge is -2.31. The first-order chi connectivity index (χ1) is 14.9. The highest BCUT2D eigenvalue weighted by molar-refractivity contribution is 9.10. The first-order valence-electron chi connectivity index (χ1n) is 10.00. The molecule has 0 aliphatic carbocycles. The van der Waals surface area contributed by atoms with Crippen LogP contribution in [-0.2, 0) is 4.79 Å². The lowest BCUT2D eigenvalue weighted by Crippen LogP contribution is -2.42. The quantitative estimate of drug-likeness (QED) is 0.453. The molecule has 1 aliphatic rings. The van der Waals surface area contributed by atoms with E-state index in [0.717, 1.165) is 33.4 Å². The summed E-state index contributed by atoms with van der Waals surface area (Å²) in [7, 11) is 0. The minimum Gasteiger partial charge on any atom is -0.484 e. The number of halogens is 3. The van der Waals surface area contributed by atoms with E-state index in [1.54, 1.807) is 4.90 Å². The van der Waals surface area contributed by atoms with Gasteiger partial charge in [-0.2, -0.15) is 0 Å². The van der Waals surface area contributed by atoms with Gasteiger partial charge in [0.05, 0.1) is 5.56 Å². The normalized spacial score (nSPS) is 14.6. The van der Waals surface area contributed by atoms with Crippen LogP contribution in [-0.4, -0.2) is 36.3 Å². The van der Waals surface area contributed by atoms with E-state index in [1.807, 2.05) is 36.4 Å². The van der Waals surface area contributed by atoms with E-state index in [0.29, 0.717) is 31.7 Å². The van der Waals surface area contributed by atoms with Crippen molar-refractivity contribution in [3.63, 3.8) is 0 Å². The van der Waals surface area contributed by atoms with Gasteiger partial charge in [-0.1, -0.05) is 28.1 Å². The molecule has 7 heteroatoms. The number of carbonyl (C=O) groups is 2. The number of Topliss-reactive ketones (excluding diaryl/α,β-unsaturated/α-hetero) is 1. The summed E-state index contributed by atoms with van der Waals surface area (Å²) in [5, 5.41) is 2.08. The molecule has 3 aromatic rings. The molecule has 1 amide bonds. The Kier molecular flexibility index (Phi) is 6.32. The van der Waals surface area contributed by atoms with Crippen LogP contribution in [0.5, 0.6) is 5.75 Å². The van der Waals surface area contributed by atoms with Gasteiger partial charge >= 0.3 is 0 Å². The highest BCUT2D eigenvalue weighted by atomic mass is 79.9. The van der Waals surface area contributed by atoms with Crippen molar-refractivity contribution < 1.29 is 23.1 Å². The summed E-state index contributed by atoms with van der Waals surface area (Å²) in [6.45, 7) is 0.655. The Morgan fingerprint density at radius 1 is 0.968 bits per heavy atom. The number of amides is 1. The highest BCUT2D eigenvalue weighted by Gasteiger charge is 2.29. The third kappa shape index (κ3) is 4.93. The maximum atomic E-state index is 13.9. The lowest BCUT2D eigenvalue weighted by molar-refractivity contribution is -0.134. The van der Waals surface area contributed by atoms with Crippen LogP contribution in [0, 0.1) is 17.6 Å². The maximum absolute atomic E-state index is 13.9. The Morgan fingerprint density at radius 3 is 2.45 bits per heavy atom. The van der Waals surface area contributed by atoms with E-state index in [1.165, 1.54) is 0 Å². The minimum absolute atomic E-state index is 0.0980. The Morgan fingerprint density at radius 2 is 1.68 bits per heavy atom. The zero-order valence-electron chi connectivity index (χ0n) is 16.6. The van der Waals surface area contributed by atoms with Crippen LogP contribution < -0.4 is 4.74 Å². The van der Waals surface area contributed by atoms with Crippen molar-refractivity contribution in [2.75, 3.05) is 19.7 Å². The summed E-state index contributed by atoms with van der Waals surface area (Å²) in [6, 6.07) is 14.4. The molecule has 1 heterocycles. The first-order valence-corrected chi connectivity index (χ1v) is 10.8. The van der Waals surface area contributed by atoms with E-state index in [-0.39, 0.29) is 18.1 Å². The molecule has 31 heavy (non-hydrogen) atoms. The monoisotopic (exact) mass is 487 g/mol. The average molecular weight is 488 g/mol. The van der Waals surface area contributed by atoms with Gasteiger partial charge in [0.1, 0.15) is 17.4 Å². The smallest absolute Gasteiger partial charge is 0.260 e. The number of likely N-dealkylation sites (tertiary alicyclic amines) is 1. The average Bonchev–Trinajstić information content (AvgIpc) is 2.78. The number of hydrogen-bond donors (Lipinski definition) is 0. The van der Waals surface area contributed by atoms with Crippen molar-refractivity contribution in [2.45, 2.75) is 12.8 Å². The van der Waals surface area contributed by atoms with Gasteiger partial charge in [0.25, 0.3) is 5.91 Å². The van der Waals surface area contributed by atoms with Crippen molar-refractivity contribution in [2.24, 2.45) is 5.92 Å². The van der Waals surface area contributed by atoms with Crippen molar-refractivity contribution in [3.8, 4) is 5.75 Å². The van der Waals surface area contributed by atoms with Crippen molar-refractivity contribution in [1.82, 2.24) is 4.90 Å². The van der Waals surface area contributed by atoms with E-state index in [2.05, 4.69) is 15.9 Å². The molecular formula is C24H20BrF2NO3. The van der Waals surface area contributed by atoms with Gasteiger partial charge in [0.15, 0.2) is 12.4 Å². The molecule has 4 rings (SSSR count). The fourth-order valence-corrected chi connectivity index (χ4v) is 4.20. The number of ether oxygens (including phenoxy) is 1. The second kappa shape index (κ2) is 9.14. The third-order valence-electron chi connectivity index (χ3n) is 5.55. The summed E-state index contributed by atoms with van der Waals surface area (Å²) in [5.74, 6) is -1.77. The summed E-state index contributed by atoms with van der Waals surface area (Å²) in [5.41, 5.74) is -0.226. The summed E-state index contributed by atoms with van der Waals surface area (Å²) < 4.78 is 33.9. The second-order valence-electron chi connectivity index (χ2n) is 7.59. The van der Waals surface area contributed by atoms with Gasteiger partial charge in [0.2, 0.25) is 0 Å². The largest absolute Gasteiger partial charge is 0.484 e. The SMILES string of the molecule is O=C(c1cc(F)ccc1F)C1CCN(C(=O)COc2ccc3cc(Br)ccc3c2)CC1. The van der Waals surface area contributed by atoms with Crippen LogP contribution in [0.2, 0.25) is 0 Å². The molecule has 0 saturated carbocycles. The number of nitrogens with zero attached hydrogens (tertiary/aromatic N) is 1. The Labute approximate surface area is 186 Å². The van der Waals surface area contributed by atoms with Crippen LogP contribution in [0.25, 0.3) is 10.8 Å². The van der Waals surface area contributed by atoms with Gasteiger partial charge in [0, 0.05) is 23.5 Å². The van der Waals surface area contributed by atoms with Gasteiger partial charge < -0.3 is 9.64 Å². The third-order valence-corrected chi connectivity index (χ3v) is 6.04. The summed E-state index contributed by atoms with van der Waals surface area (Å²) in [6.07, 6.45) is 0.816. The van der Waals surface area contributed by atoms with E-state index in [9.17, 15) is 18.4 Å². The number of piperidine rings is 1. The molecule has 0 N–H and O–H groups in total. The van der Waals surface area contributed by atoms with Crippen LogP contribution >= 0.6 is 15.9 Å². The standard InChI is InChI=1S/C24H20BrF2NO3/c25-18-3-1-17-12-20(5-2-16(17)11-18)31-14-23(29)28-9-7-15(8-10-28)24(30)21-13-19(26)4-6-22(21)27/h1-6,11-13,15H,7-10,14H2. The Balaban J connectivity index is 1.31. The predicted octanol–water partition coefficient (Wildman–Crippen LogP) is 5.38.